The maximum atomic E-state index is 5.39. The molecule has 0 aliphatic rings. The molecule has 1 N–H and O–H groups in total. The Hall–Kier alpha value is -1.28. The Morgan fingerprint density at radius 1 is 1.41 bits per heavy atom. The topological polar surface area (TPSA) is 21.3 Å². The summed E-state index contributed by atoms with van der Waals surface area (Å²) in [6, 6.07) is 8.17. The van der Waals surface area contributed by atoms with E-state index in [1.807, 2.05) is 18.2 Å². The summed E-state index contributed by atoms with van der Waals surface area (Å²) in [7, 11) is 1.72. The fourth-order valence-corrected chi connectivity index (χ4v) is 1.90. The van der Waals surface area contributed by atoms with E-state index in [1.54, 1.807) is 7.11 Å². The second kappa shape index (κ2) is 6.45. The normalized spacial score (nSPS) is 14.1. The maximum absolute atomic E-state index is 5.39. The lowest BCUT2D eigenvalue weighted by Crippen LogP contribution is -2.32. The van der Waals surface area contributed by atoms with E-state index >= 15 is 0 Å². The van der Waals surface area contributed by atoms with Crippen LogP contribution in [0.15, 0.2) is 36.9 Å². The second-order valence-corrected chi connectivity index (χ2v) is 4.63. The van der Waals surface area contributed by atoms with E-state index < -0.39 is 0 Å². The van der Waals surface area contributed by atoms with Crippen molar-refractivity contribution in [2.75, 3.05) is 20.2 Å². The predicted octanol–water partition coefficient (Wildman–Crippen LogP) is 3.04. The number of hydrogen-bond donors (Lipinski definition) is 1. The lowest BCUT2D eigenvalue weighted by molar-refractivity contribution is 0.373. The van der Waals surface area contributed by atoms with Gasteiger partial charge in [-0.15, -0.1) is 6.58 Å². The maximum Gasteiger partial charge on any atom is 0.122 e. The minimum absolute atomic E-state index is 0.0602. The summed E-state index contributed by atoms with van der Waals surface area (Å²) in [4.78, 5) is 0. The lowest BCUT2D eigenvalue weighted by Gasteiger charge is -2.27. The fraction of sp³-hybridized carbons (Fsp3) is 0.467. The number of ether oxygens (including phenoxy) is 1. The molecule has 1 aromatic carbocycles. The van der Waals surface area contributed by atoms with Crippen LogP contribution >= 0.6 is 0 Å². The Morgan fingerprint density at radius 2 is 2.12 bits per heavy atom. The van der Waals surface area contributed by atoms with Crippen LogP contribution in [0.1, 0.15) is 19.4 Å². The van der Waals surface area contributed by atoms with Crippen molar-refractivity contribution in [1.82, 2.24) is 5.32 Å². The third-order valence-corrected chi connectivity index (χ3v) is 3.06. The van der Waals surface area contributed by atoms with E-state index in [1.165, 1.54) is 5.56 Å². The zero-order valence-electron chi connectivity index (χ0n) is 11.1. The number of benzene rings is 1. The number of methoxy groups -OCH3 is 1. The van der Waals surface area contributed by atoms with Gasteiger partial charge in [0.15, 0.2) is 0 Å². The lowest BCUT2D eigenvalue weighted by atomic mass is 9.83. The Labute approximate surface area is 105 Å². The first-order valence-corrected chi connectivity index (χ1v) is 6.11. The summed E-state index contributed by atoms with van der Waals surface area (Å²) in [5.74, 6) is 0.956. The molecule has 1 unspecified atom stereocenters. The van der Waals surface area contributed by atoms with Crippen LogP contribution in [0.4, 0.5) is 0 Å². The van der Waals surface area contributed by atoms with Crippen LogP contribution in [0.2, 0.25) is 0 Å². The molecule has 0 aliphatic heterocycles. The average Bonchev–Trinajstić information content (AvgIpc) is 2.37. The first-order valence-electron chi connectivity index (χ1n) is 6.11. The fourth-order valence-electron chi connectivity index (χ4n) is 1.90. The molecular formula is C15H23NO. The van der Waals surface area contributed by atoms with Crippen molar-refractivity contribution in [3.63, 3.8) is 0 Å². The van der Waals surface area contributed by atoms with Crippen LogP contribution in [0, 0.1) is 5.41 Å². The molecule has 94 valence electrons. The molecule has 0 bridgehead atoms. The number of hydrogen-bond acceptors (Lipinski definition) is 2. The highest BCUT2D eigenvalue weighted by Crippen LogP contribution is 2.28. The van der Waals surface area contributed by atoms with Gasteiger partial charge in [0.05, 0.1) is 7.11 Å². The SMILES string of the molecule is C=CC(C)(CNCC)Cc1ccccc1OC. The van der Waals surface area contributed by atoms with Crippen molar-refractivity contribution in [3.8, 4) is 5.75 Å². The Balaban J connectivity index is 2.82. The van der Waals surface area contributed by atoms with E-state index in [-0.39, 0.29) is 5.41 Å². The van der Waals surface area contributed by atoms with Gasteiger partial charge in [0.25, 0.3) is 0 Å². The van der Waals surface area contributed by atoms with Crippen LogP contribution < -0.4 is 10.1 Å². The summed E-state index contributed by atoms with van der Waals surface area (Å²) in [6.07, 6.45) is 2.97. The van der Waals surface area contributed by atoms with E-state index in [0.717, 1.165) is 25.3 Å². The van der Waals surface area contributed by atoms with Gasteiger partial charge in [-0.3, -0.25) is 0 Å². The van der Waals surface area contributed by atoms with Crippen LogP contribution in [0.5, 0.6) is 5.75 Å². The van der Waals surface area contributed by atoms with E-state index in [9.17, 15) is 0 Å². The van der Waals surface area contributed by atoms with Gasteiger partial charge in [-0.25, -0.2) is 0 Å². The highest BCUT2D eigenvalue weighted by atomic mass is 16.5. The van der Waals surface area contributed by atoms with Crippen molar-refractivity contribution >= 4 is 0 Å². The molecule has 1 atom stereocenters. The molecule has 0 aliphatic carbocycles. The van der Waals surface area contributed by atoms with Crippen LogP contribution in [-0.2, 0) is 6.42 Å². The van der Waals surface area contributed by atoms with Gasteiger partial charge in [-0.2, -0.15) is 0 Å². The molecule has 0 aromatic heterocycles. The molecule has 0 amide bonds. The van der Waals surface area contributed by atoms with E-state index in [4.69, 9.17) is 4.74 Å². The molecule has 2 nitrogen and oxygen atoms in total. The Morgan fingerprint density at radius 3 is 2.71 bits per heavy atom. The summed E-state index contributed by atoms with van der Waals surface area (Å²) >= 11 is 0. The van der Waals surface area contributed by atoms with E-state index in [0.29, 0.717) is 0 Å². The number of nitrogens with one attached hydrogen (secondary N) is 1. The zero-order chi connectivity index (χ0) is 12.7. The third kappa shape index (κ3) is 3.90. The standard InChI is InChI=1S/C15H23NO/c1-5-15(3,12-16-6-2)11-13-9-7-8-10-14(13)17-4/h5,7-10,16H,1,6,11-12H2,2-4H3. The van der Waals surface area contributed by atoms with Gasteiger partial charge in [0.1, 0.15) is 5.75 Å². The van der Waals surface area contributed by atoms with Crippen molar-refractivity contribution in [2.24, 2.45) is 5.41 Å². The summed E-state index contributed by atoms with van der Waals surface area (Å²) in [6.45, 7) is 10.2. The first-order chi connectivity index (χ1) is 8.15. The van der Waals surface area contributed by atoms with Gasteiger partial charge in [-0.1, -0.05) is 38.1 Å². The predicted molar refractivity (Wildman–Crippen MR) is 73.5 cm³/mol. The highest BCUT2D eigenvalue weighted by Gasteiger charge is 2.21. The molecule has 17 heavy (non-hydrogen) atoms. The zero-order valence-corrected chi connectivity index (χ0v) is 11.1. The van der Waals surface area contributed by atoms with Crippen LogP contribution in [-0.4, -0.2) is 20.2 Å². The molecule has 0 fully saturated rings. The Bertz CT molecular complexity index is 362. The monoisotopic (exact) mass is 233 g/mol. The molecule has 0 saturated heterocycles. The molecule has 2 heteroatoms. The minimum atomic E-state index is 0.0602. The smallest absolute Gasteiger partial charge is 0.122 e. The van der Waals surface area contributed by atoms with Gasteiger partial charge in [-0.05, 0) is 24.6 Å². The van der Waals surface area contributed by atoms with Crippen molar-refractivity contribution < 1.29 is 4.74 Å². The average molecular weight is 233 g/mol. The van der Waals surface area contributed by atoms with Gasteiger partial charge in [0.2, 0.25) is 0 Å². The van der Waals surface area contributed by atoms with Gasteiger partial charge >= 0.3 is 0 Å². The highest BCUT2D eigenvalue weighted by molar-refractivity contribution is 5.34. The largest absolute Gasteiger partial charge is 0.496 e. The molecular weight excluding hydrogens is 210 g/mol. The van der Waals surface area contributed by atoms with Crippen molar-refractivity contribution in [3.05, 3.63) is 42.5 Å². The number of rotatable bonds is 7. The molecule has 0 saturated carbocycles. The summed E-state index contributed by atoms with van der Waals surface area (Å²) in [5, 5.41) is 3.39. The summed E-state index contributed by atoms with van der Waals surface area (Å²) < 4.78 is 5.39. The second-order valence-electron chi connectivity index (χ2n) is 4.63. The molecule has 0 radical (unpaired) electrons. The van der Waals surface area contributed by atoms with Crippen LogP contribution in [0.3, 0.4) is 0 Å². The Kier molecular flexibility index (Phi) is 5.23. The van der Waals surface area contributed by atoms with Crippen molar-refractivity contribution in [2.45, 2.75) is 20.3 Å². The van der Waals surface area contributed by atoms with E-state index in [2.05, 4.69) is 37.9 Å². The minimum Gasteiger partial charge on any atom is -0.496 e. The first kappa shape index (κ1) is 13.8. The third-order valence-electron chi connectivity index (χ3n) is 3.06. The molecule has 0 spiro atoms. The molecule has 0 heterocycles. The summed E-state index contributed by atoms with van der Waals surface area (Å²) in [5.41, 5.74) is 1.29. The van der Waals surface area contributed by atoms with Gasteiger partial charge < -0.3 is 10.1 Å². The van der Waals surface area contributed by atoms with Gasteiger partial charge in [0, 0.05) is 12.0 Å². The molecule has 1 rings (SSSR count). The molecule has 1 aromatic rings. The van der Waals surface area contributed by atoms with Crippen molar-refractivity contribution in [1.29, 1.82) is 0 Å². The quantitative estimate of drug-likeness (QED) is 0.731. The number of para-hydroxylation sites is 1. The van der Waals surface area contributed by atoms with Crippen LogP contribution in [0.25, 0.3) is 0 Å².